The van der Waals surface area contributed by atoms with Gasteiger partial charge in [-0.1, -0.05) is 11.2 Å². The molecule has 1 aromatic heterocycles. The van der Waals surface area contributed by atoms with Crippen molar-refractivity contribution in [1.82, 2.24) is 5.16 Å². The molecule has 1 aliphatic carbocycles. The van der Waals surface area contributed by atoms with Crippen molar-refractivity contribution in [3.63, 3.8) is 0 Å². The van der Waals surface area contributed by atoms with Gasteiger partial charge in [0, 0.05) is 5.39 Å². The largest absolute Gasteiger partial charge is 0.385 e. The fourth-order valence-electron chi connectivity index (χ4n) is 1.56. The first-order valence-electron chi connectivity index (χ1n) is 4.35. The average Bonchev–Trinajstić information content (AvgIpc) is 2.74. The number of aliphatic hydroxyl groups is 1. The van der Waals surface area contributed by atoms with Gasteiger partial charge in [-0.15, -0.1) is 0 Å². The highest BCUT2D eigenvalue weighted by atomic mass is 16.5. The van der Waals surface area contributed by atoms with Gasteiger partial charge in [0.25, 0.3) is 0 Å². The summed E-state index contributed by atoms with van der Waals surface area (Å²) in [6, 6.07) is 5.76. The number of hydrogen-bond acceptors (Lipinski definition) is 3. The number of fused-ring (bicyclic) bond motifs is 1. The Labute approximate surface area is 75.0 Å². The zero-order valence-corrected chi connectivity index (χ0v) is 7.03. The van der Waals surface area contributed by atoms with Crippen molar-refractivity contribution in [3.05, 3.63) is 30.0 Å². The summed E-state index contributed by atoms with van der Waals surface area (Å²) in [7, 11) is 0. The first kappa shape index (κ1) is 7.09. The van der Waals surface area contributed by atoms with E-state index in [2.05, 4.69) is 5.16 Å². The SMILES string of the molecule is OC1(c2ccc3conc3c2)CC1. The topological polar surface area (TPSA) is 46.3 Å². The smallest absolute Gasteiger partial charge is 0.131 e. The van der Waals surface area contributed by atoms with Gasteiger partial charge in [0.15, 0.2) is 0 Å². The van der Waals surface area contributed by atoms with Crippen LogP contribution in [0.1, 0.15) is 18.4 Å². The number of rotatable bonds is 1. The minimum atomic E-state index is -0.576. The maximum absolute atomic E-state index is 9.84. The first-order valence-corrected chi connectivity index (χ1v) is 4.35. The molecule has 1 heterocycles. The van der Waals surface area contributed by atoms with Crippen molar-refractivity contribution in [2.75, 3.05) is 0 Å². The zero-order valence-electron chi connectivity index (χ0n) is 7.03. The Morgan fingerprint density at radius 2 is 2.23 bits per heavy atom. The van der Waals surface area contributed by atoms with Gasteiger partial charge >= 0.3 is 0 Å². The summed E-state index contributed by atoms with van der Waals surface area (Å²) >= 11 is 0. The van der Waals surface area contributed by atoms with Crippen molar-refractivity contribution in [3.8, 4) is 0 Å². The lowest BCUT2D eigenvalue weighted by molar-refractivity contribution is 0.151. The Morgan fingerprint density at radius 3 is 3.00 bits per heavy atom. The first-order chi connectivity index (χ1) is 6.28. The number of nitrogens with zero attached hydrogens (tertiary/aromatic N) is 1. The molecule has 0 aliphatic heterocycles. The summed E-state index contributed by atoms with van der Waals surface area (Å²) in [5, 5.41) is 14.7. The maximum Gasteiger partial charge on any atom is 0.131 e. The molecule has 3 nitrogen and oxygen atoms in total. The Hall–Kier alpha value is -1.35. The Bertz CT molecular complexity index is 457. The summed E-state index contributed by atoms with van der Waals surface area (Å²) in [5.74, 6) is 0. The predicted octanol–water partition coefficient (Wildman–Crippen LogP) is 1.81. The number of benzene rings is 1. The van der Waals surface area contributed by atoms with Crippen LogP contribution in [0.2, 0.25) is 0 Å². The van der Waals surface area contributed by atoms with Crippen molar-refractivity contribution >= 4 is 10.9 Å². The summed E-state index contributed by atoms with van der Waals surface area (Å²) < 4.78 is 4.82. The monoisotopic (exact) mass is 175 g/mol. The molecule has 1 saturated carbocycles. The lowest BCUT2D eigenvalue weighted by Gasteiger charge is -2.06. The van der Waals surface area contributed by atoms with Gasteiger partial charge in [0.2, 0.25) is 0 Å². The van der Waals surface area contributed by atoms with E-state index in [0.717, 1.165) is 29.3 Å². The highest BCUT2D eigenvalue weighted by Crippen LogP contribution is 2.45. The van der Waals surface area contributed by atoms with Gasteiger partial charge < -0.3 is 9.63 Å². The quantitative estimate of drug-likeness (QED) is 0.718. The van der Waals surface area contributed by atoms with Gasteiger partial charge in [-0.05, 0) is 30.5 Å². The standard InChI is InChI=1S/C10H9NO2/c12-10(3-4-10)8-2-1-7-6-13-11-9(7)5-8/h1-2,5-6,12H,3-4H2. The summed E-state index contributed by atoms with van der Waals surface area (Å²) in [4.78, 5) is 0. The normalized spacial score (nSPS) is 19.2. The van der Waals surface area contributed by atoms with Crippen LogP contribution in [0.4, 0.5) is 0 Å². The van der Waals surface area contributed by atoms with E-state index in [9.17, 15) is 5.11 Å². The average molecular weight is 175 g/mol. The minimum Gasteiger partial charge on any atom is -0.385 e. The molecule has 2 aromatic rings. The van der Waals surface area contributed by atoms with E-state index in [-0.39, 0.29) is 0 Å². The molecule has 0 atom stereocenters. The highest BCUT2D eigenvalue weighted by Gasteiger charge is 2.42. The van der Waals surface area contributed by atoms with E-state index in [1.165, 1.54) is 0 Å². The van der Waals surface area contributed by atoms with Crippen LogP contribution in [-0.2, 0) is 5.60 Å². The Balaban J connectivity index is 2.20. The lowest BCUT2D eigenvalue weighted by Crippen LogP contribution is -2.03. The van der Waals surface area contributed by atoms with Gasteiger partial charge in [-0.3, -0.25) is 0 Å². The van der Waals surface area contributed by atoms with E-state index < -0.39 is 5.60 Å². The van der Waals surface area contributed by atoms with Crippen LogP contribution < -0.4 is 0 Å². The molecule has 3 heteroatoms. The molecule has 0 unspecified atom stereocenters. The van der Waals surface area contributed by atoms with E-state index in [0.29, 0.717) is 0 Å². The molecule has 1 N–H and O–H groups in total. The summed E-state index contributed by atoms with van der Waals surface area (Å²) in [6.07, 6.45) is 3.32. The van der Waals surface area contributed by atoms with Crippen molar-refractivity contribution in [2.45, 2.75) is 18.4 Å². The predicted molar refractivity (Wildman–Crippen MR) is 47.1 cm³/mol. The van der Waals surface area contributed by atoms with Crippen LogP contribution in [0, 0.1) is 0 Å². The van der Waals surface area contributed by atoms with Crippen LogP contribution in [-0.4, -0.2) is 10.3 Å². The third-order valence-electron chi connectivity index (χ3n) is 2.62. The fourth-order valence-corrected chi connectivity index (χ4v) is 1.56. The van der Waals surface area contributed by atoms with Crippen LogP contribution in [0.3, 0.4) is 0 Å². The van der Waals surface area contributed by atoms with Gasteiger partial charge in [-0.2, -0.15) is 0 Å². The molecule has 0 amide bonds. The van der Waals surface area contributed by atoms with Crippen LogP contribution in [0.15, 0.2) is 29.0 Å². The highest BCUT2D eigenvalue weighted by molar-refractivity contribution is 5.78. The van der Waals surface area contributed by atoms with E-state index in [1.807, 2.05) is 18.2 Å². The Kier molecular flexibility index (Phi) is 1.15. The second-order valence-electron chi connectivity index (χ2n) is 3.62. The molecule has 13 heavy (non-hydrogen) atoms. The molecule has 0 bridgehead atoms. The summed E-state index contributed by atoms with van der Waals surface area (Å²) in [5.41, 5.74) is 1.19. The molecule has 3 rings (SSSR count). The summed E-state index contributed by atoms with van der Waals surface area (Å²) in [6.45, 7) is 0. The minimum absolute atomic E-state index is 0.576. The molecular formula is C10H9NO2. The molecule has 1 aromatic carbocycles. The van der Waals surface area contributed by atoms with Crippen LogP contribution in [0.5, 0.6) is 0 Å². The van der Waals surface area contributed by atoms with E-state index in [1.54, 1.807) is 6.26 Å². The Morgan fingerprint density at radius 1 is 1.38 bits per heavy atom. The fraction of sp³-hybridized carbons (Fsp3) is 0.300. The third-order valence-corrected chi connectivity index (χ3v) is 2.62. The zero-order chi connectivity index (χ0) is 8.89. The molecule has 0 spiro atoms. The molecule has 1 aliphatic rings. The van der Waals surface area contributed by atoms with E-state index >= 15 is 0 Å². The second-order valence-corrected chi connectivity index (χ2v) is 3.62. The number of aromatic nitrogens is 1. The van der Waals surface area contributed by atoms with Crippen molar-refractivity contribution in [2.24, 2.45) is 0 Å². The molecular weight excluding hydrogens is 166 g/mol. The molecule has 0 saturated heterocycles. The second kappa shape index (κ2) is 2.12. The van der Waals surface area contributed by atoms with Gasteiger partial charge in [0.1, 0.15) is 11.8 Å². The van der Waals surface area contributed by atoms with E-state index in [4.69, 9.17) is 4.52 Å². The van der Waals surface area contributed by atoms with Gasteiger partial charge in [0.05, 0.1) is 5.60 Å². The van der Waals surface area contributed by atoms with Crippen LogP contribution >= 0.6 is 0 Å². The van der Waals surface area contributed by atoms with Crippen LogP contribution in [0.25, 0.3) is 10.9 Å². The molecule has 1 fully saturated rings. The van der Waals surface area contributed by atoms with Crippen molar-refractivity contribution < 1.29 is 9.63 Å². The van der Waals surface area contributed by atoms with Gasteiger partial charge in [-0.25, -0.2) is 0 Å². The maximum atomic E-state index is 9.84. The van der Waals surface area contributed by atoms with Crippen molar-refractivity contribution in [1.29, 1.82) is 0 Å². The molecule has 66 valence electrons. The number of hydrogen-bond donors (Lipinski definition) is 1. The molecule has 0 radical (unpaired) electrons. The third kappa shape index (κ3) is 0.971. The lowest BCUT2D eigenvalue weighted by atomic mass is 10.1.